The summed E-state index contributed by atoms with van der Waals surface area (Å²) in [6, 6.07) is 15.6. The first kappa shape index (κ1) is 18.4. The van der Waals surface area contributed by atoms with Crippen molar-refractivity contribution in [2.75, 3.05) is 0 Å². The molecule has 5 heteroatoms. The molecule has 0 saturated heterocycles. The molecule has 1 aromatic heterocycles. The molecule has 4 rings (SSSR count). The lowest BCUT2D eigenvalue weighted by Crippen LogP contribution is -2.41. The number of hydrogen-bond acceptors (Lipinski definition) is 4. The van der Waals surface area contributed by atoms with E-state index in [4.69, 9.17) is 4.42 Å². The maximum atomic E-state index is 12.6. The summed E-state index contributed by atoms with van der Waals surface area (Å²) in [5.41, 5.74) is 3.52. The Labute approximate surface area is 165 Å². The van der Waals surface area contributed by atoms with Gasteiger partial charge in [0.15, 0.2) is 0 Å². The van der Waals surface area contributed by atoms with Gasteiger partial charge in [-0.25, -0.2) is 0 Å². The molecule has 2 aromatic carbocycles. The number of rotatable bonds is 4. The lowest BCUT2D eigenvalue weighted by atomic mass is 9.86. The van der Waals surface area contributed by atoms with Crippen molar-refractivity contribution in [3.05, 3.63) is 59.7 Å². The minimum absolute atomic E-state index is 0.0174. The van der Waals surface area contributed by atoms with Gasteiger partial charge in [-0.05, 0) is 62.1 Å². The van der Waals surface area contributed by atoms with Gasteiger partial charge in [-0.15, -0.1) is 10.2 Å². The Balaban J connectivity index is 1.46. The Morgan fingerprint density at radius 1 is 0.929 bits per heavy atom. The highest BCUT2D eigenvalue weighted by Gasteiger charge is 2.23. The van der Waals surface area contributed by atoms with E-state index in [0.717, 1.165) is 17.5 Å². The van der Waals surface area contributed by atoms with E-state index in [-0.39, 0.29) is 11.9 Å². The van der Waals surface area contributed by atoms with Gasteiger partial charge in [0.25, 0.3) is 5.91 Å². The second kappa shape index (κ2) is 7.97. The van der Waals surface area contributed by atoms with Gasteiger partial charge in [-0.3, -0.25) is 4.79 Å². The topological polar surface area (TPSA) is 68.0 Å². The second-order valence-corrected chi connectivity index (χ2v) is 7.70. The lowest BCUT2D eigenvalue weighted by molar-refractivity contribution is 0.0910. The largest absolute Gasteiger partial charge is 0.416 e. The molecular formula is C23H25N3O2. The molecule has 2 unspecified atom stereocenters. The van der Waals surface area contributed by atoms with Crippen molar-refractivity contribution < 1.29 is 9.21 Å². The molecule has 1 saturated carbocycles. The highest BCUT2D eigenvalue weighted by atomic mass is 16.4. The third-order valence-corrected chi connectivity index (χ3v) is 5.55. The number of carbonyl (C=O) groups is 1. The number of benzene rings is 2. The molecule has 1 heterocycles. The van der Waals surface area contributed by atoms with Crippen molar-refractivity contribution in [2.45, 2.75) is 45.6 Å². The normalized spacial score (nSPS) is 19.4. The molecule has 0 bridgehead atoms. The van der Waals surface area contributed by atoms with Crippen LogP contribution < -0.4 is 5.32 Å². The van der Waals surface area contributed by atoms with Crippen LogP contribution in [0.5, 0.6) is 0 Å². The number of amides is 1. The first-order valence-electron chi connectivity index (χ1n) is 9.92. The van der Waals surface area contributed by atoms with Crippen LogP contribution in [0, 0.1) is 12.8 Å². The average Bonchev–Trinajstić information content (AvgIpc) is 3.20. The number of nitrogens with one attached hydrogen (secondary N) is 1. The fraction of sp³-hybridized carbons (Fsp3) is 0.348. The van der Waals surface area contributed by atoms with Crippen molar-refractivity contribution in [3.8, 4) is 22.9 Å². The van der Waals surface area contributed by atoms with Crippen molar-refractivity contribution in [1.82, 2.24) is 15.5 Å². The molecule has 2 atom stereocenters. The third kappa shape index (κ3) is 3.98. The summed E-state index contributed by atoms with van der Waals surface area (Å²) in [5.74, 6) is 1.46. The predicted molar refractivity (Wildman–Crippen MR) is 109 cm³/mol. The van der Waals surface area contributed by atoms with Crippen molar-refractivity contribution in [2.24, 2.45) is 5.92 Å². The molecular weight excluding hydrogens is 350 g/mol. The number of aromatic nitrogens is 2. The summed E-state index contributed by atoms with van der Waals surface area (Å²) in [5, 5.41) is 11.5. The van der Waals surface area contributed by atoms with Crippen LogP contribution in [0.1, 0.15) is 48.5 Å². The Morgan fingerprint density at radius 3 is 2.11 bits per heavy atom. The Kier molecular flexibility index (Phi) is 5.24. The number of aryl methyl sites for hydroxylation is 1. The highest BCUT2D eigenvalue weighted by molar-refractivity contribution is 5.94. The number of carbonyl (C=O) groups excluding carboxylic acids is 1. The maximum absolute atomic E-state index is 12.6. The summed E-state index contributed by atoms with van der Waals surface area (Å²) < 4.78 is 5.81. The van der Waals surface area contributed by atoms with Crippen LogP contribution in [0.2, 0.25) is 0 Å². The smallest absolute Gasteiger partial charge is 0.251 e. The third-order valence-electron chi connectivity index (χ3n) is 5.55. The lowest BCUT2D eigenvalue weighted by Gasteiger charge is -2.29. The Bertz CT molecular complexity index is 945. The maximum Gasteiger partial charge on any atom is 0.251 e. The highest BCUT2D eigenvalue weighted by Crippen LogP contribution is 2.26. The van der Waals surface area contributed by atoms with Crippen LogP contribution in [-0.4, -0.2) is 22.1 Å². The van der Waals surface area contributed by atoms with E-state index in [1.54, 1.807) is 0 Å². The monoisotopic (exact) mass is 375 g/mol. The van der Waals surface area contributed by atoms with E-state index < -0.39 is 0 Å². The molecule has 0 aliphatic heterocycles. The van der Waals surface area contributed by atoms with E-state index in [0.29, 0.717) is 23.3 Å². The summed E-state index contributed by atoms with van der Waals surface area (Å²) in [6.45, 7) is 4.25. The molecule has 1 aliphatic rings. The molecule has 144 valence electrons. The minimum Gasteiger partial charge on any atom is -0.416 e. The molecule has 3 aromatic rings. The van der Waals surface area contributed by atoms with Gasteiger partial charge in [-0.1, -0.05) is 37.5 Å². The SMILES string of the molecule is Cc1ccc(-c2nnc(-c3ccc(C(=O)NC4CCCCC4C)cc3)o2)cc1. The standard InChI is InChI=1S/C23H25N3O2/c1-15-7-9-18(10-8-15)22-25-26-23(28-22)19-13-11-17(12-14-19)21(27)24-20-6-4-3-5-16(20)2/h7-14,16,20H,3-6H2,1-2H3,(H,24,27). The average molecular weight is 375 g/mol. The molecule has 1 fully saturated rings. The summed E-state index contributed by atoms with van der Waals surface area (Å²) in [7, 11) is 0. The summed E-state index contributed by atoms with van der Waals surface area (Å²) >= 11 is 0. The van der Waals surface area contributed by atoms with E-state index in [1.807, 2.05) is 55.5 Å². The minimum atomic E-state index is -0.0174. The molecule has 1 aliphatic carbocycles. The molecule has 1 N–H and O–H groups in total. The number of hydrogen-bond donors (Lipinski definition) is 1. The van der Waals surface area contributed by atoms with Gasteiger partial charge in [-0.2, -0.15) is 0 Å². The first-order chi connectivity index (χ1) is 13.6. The molecule has 1 amide bonds. The zero-order chi connectivity index (χ0) is 19.5. The van der Waals surface area contributed by atoms with Crippen molar-refractivity contribution in [3.63, 3.8) is 0 Å². The van der Waals surface area contributed by atoms with Gasteiger partial charge in [0, 0.05) is 22.7 Å². The van der Waals surface area contributed by atoms with Crippen molar-refractivity contribution >= 4 is 5.91 Å². The molecule has 0 spiro atoms. The predicted octanol–water partition coefficient (Wildman–Crippen LogP) is 5.02. The summed E-state index contributed by atoms with van der Waals surface area (Å²) in [6.07, 6.45) is 4.70. The van der Waals surface area contributed by atoms with Crippen LogP contribution in [0.15, 0.2) is 52.9 Å². The zero-order valence-electron chi connectivity index (χ0n) is 16.3. The summed E-state index contributed by atoms with van der Waals surface area (Å²) in [4.78, 5) is 12.6. The van der Waals surface area contributed by atoms with Gasteiger partial charge >= 0.3 is 0 Å². The van der Waals surface area contributed by atoms with Crippen LogP contribution in [-0.2, 0) is 0 Å². The van der Waals surface area contributed by atoms with Crippen LogP contribution >= 0.6 is 0 Å². The molecule has 28 heavy (non-hydrogen) atoms. The fourth-order valence-corrected chi connectivity index (χ4v) is 3.70. The Hall–Kier alpha value is -2.95. The van der Waals surface area contributed by atoms with Gasteiger partial charge in [0.05, 0.1) is 0 Å². The van der Waals surface area contributed by atoms with E-state index in [9.17, 15) is 4.79 Å². The van der Waals surface area contributed by atoms with E-state index in [1.165, 1.54) is 24.8 Å². The van der Waals surface area contributed by atoms with Gasteiger partial charge in [0.2, 0.25) is 11.8 Å². The van der Waals surface area contributed by atoms with Crippen LogP contribution in [0.3, 0.4) is 0 Å². The quantitative estimate of drug-likeness (QED) is 0.695. The first-order valence-corrected chi connectivity index (χ1v) is 9.92. The van der Waals surface area contributed by atoms with E-state index in [2.05, 4.69) is 22.4 Å². The Morgan fingerprint density at radius 2 is 1.50 bits per heavy atom. The molecule has 0 radical (unpaired) electrons. The van der Waals surface area contributed by atoms with Crippen molar-refractivity contribution in [1.29, 1.82) is 0 Å². The second-order valence-electron chi connectivity index (χ2n) is 7.70. The van der Waals surface area contributed by atoms with Crippen LogP contribution in [0.25, 0.3) is 22.9 Å². The van der Waals surface area contributed by atoms with Gasteiger partial charge < -0.3 is 9.73 Å². The van der Waals surface area contributed by atoms with E-state index >= 15 is 0 Å². The van der Waals surface area contributed by atoms with Gasteiger partial charge in [0.1, 0.15) is 0 Å². The fourth-order valence-electron chi connectivity index (χ4n) is 3.70. The molecule has 5 nitrogen and oxygen atoms in total. The van der Waals surface area contributed by atoms with Crippen LogP contribution in [0.4, 0.5) is 0 Å². The zero-order valence-corrected chi connectivity index (χ0v) is 16.3. The number of nitrogens with zero attached hydrogens (tertiary/aromatic N) is 2.